The number of carbonyl (C=O) groups is 1. The van der Waals surface area contributed by atoms with E-state index >= 15 is 0 Å². The summed E-state index contributed by atoms with van der Waals surface area (Å²) in [5.74, 6) is -0.505. The summed E-state index contributed by atoms with van der Waals surface area (Å²) in [6, 6.07) is 4.45. The van der Waals surface area contributed by atoms with E-state index in [0.29, 0.717) is 18.4 Å². The molecule has 0 unspecified atom stereocenters. The molecule has 0 aromatic heterocycles. The molecule has 0 radical (unpaired) electrons. The molecular formula is C15H19FO2. The Labute approximate surface area is 107 Å². The number of hydrogen-bond acceptors (Lipinski definition) is 2. The Hall–Kier alpha value is -1.22. The number of Topliss-reactive ketones (excluding diaryl/α,β-unsaturated/α-hetero) is 1. The Kier molecular flexibility index (Phi) is 3.81. The molecule has 0 saturated heterocycles. The minimum absolute atomic E-state index is 0.125. The Morgan fingerprint density at radius 2 is 2.00 bits per heavy atom. The van der Waals surface area contributed by atoms with Gasteiger partial charge < -0.3 is 5.11 Å². The third kappa shape index (κ3) is 2.78. The first-order chi connectivity index (χ1) is 8.51. The van der Waals surface area contributed by atoms with Gasteiger partial charge in [-0.15, -0.1) is 0 Å². The summed E-state index contributed by atoms with van der Waals surface area (Å²) >= 11 is 0. The molecule has 1 saturated carbocycles. The number of ketones is 1. The van der Waals surface area contributed by atoms with Crippen LogP contribution in [0.3, 0.4) is 0 Å². The molecule has 3 heteroatoms. The molecule has 1 aliphatic rings. The lowest BCUT2D eigenvalue weighted by atomic mass is 9.79. The van der Waals surface area contributed by atoms with Gasteiger partial charge >= 0.3 is 0 Å². The molecule has 1 aromatic carbocycles. The van der Waals surface area contributed by atoms with E-state index in [0.717, 1.165) is 24.8 Å². The number of benzene rings is 1. The fourth-order valence-corrected chi connectivity index (χ4v) is 2.58. The van der Waals surface area contributed by atoms with E-state index in [-0.39, 0.29) is 18.0 Å². The number of halogens is 1. The Morgan fingerprint density at radius 1 is 1.33 bits per heavy atom. The van der Waals surface area contributed by atoms with E-state index in [1.807, 2.05) is 6.92 Å². The summed E-state index contributed by atoms with van der Waals surface area (Å²) in [5.41, 5.74) is 0.389. The molecular weight excluding hydrogens is 231 g/mol. The molecule has 1 N–H and O–H groups in total. The number of aryl methyl sites for hydroxylation is 1. The van der Waals surface area contributed by atoms with Crippen LogP contribution in [0.5, 0.6) is 0 Å². The predicted molar refractivity (Wildman–Crippen MR) is 67.9 cm³/mol. The third-order valence-electron chi connectivity index (χ3n) is 3.86. The van der Waals surface area contributed by atoms with Crippen molar-refractivity contribution in [3.63, 3.8) is 0 Å². The summed E-state index contributed by atoms with van der Waals surface area (Å²) < 4.78 is 13.2. The monoisotopic (exact) mass is 250 g/mol. The fourth-order valence-electron chi connectivity index (χ4n) is 2.58. The molecule has 0 spiro atoms. The minimum Gasteiger partial charge on any atom is -0.382 e. The highest BCUT2D eigenvalue weighted by Crippen LogP contribution is 2.30. The van der Waals surface area contributed by atoms with Crippen molar-refractivity contribution in [2.75, 3.05) is 0 Å². The number of carbonyl (C=O) groups excluding carboxylic acids is 1. The van der Waals surface area contributed by atoms with Crippen LogP contribution in [0.1, 0.15) is 43.2 Å². The van der Waals surface area contributed by atoms with Crippen LogP contribution in [-0.2, 0) is 11.2 Å². The number of aliphatic hydroxyl groups is 1. The number of hydrogen-bond donors (Lipinski definition) is 1. The minimum atomic E-state index is -1.18. The second-order valence-electron chi connectivity index (χ2n) is 5.26. The van der Waals surface area contributed by atoms with Crippen LogP contribution in [0.15, 0.2) is 18.2 Å². The van der Waals surface area contributed by atoms with Crippen molar-refractivity contribution in [3.8, 4) is 0 Å². The standard InChI is InChI=1S/C15H19FO2/c1-11-5-6-13(16)9-12(11)10-14(17)15(18)7-3-2-4-8-15/h5-6,9,18H,2-4,7-8,10H2,1H3. The molecule has 18 heavy (non-hydrogen) atoms. The van der Waals surface area contributed by atoms with E-state index in [2.05, 4.69) is 0 Å². The van der Waals surface area contributed by atoms with Gasteiger partial charge in [0.05, 0.1) is 0 Å². The Balaban J connectivity index is 2.13. The van der Waals surface area contributed by atoms with Crippen molar-refractivity contribution < 1.29 is 14.3 Å². The molecule has 2 nitrogen and oxygen atoms in total. The molecule has 2 rings (SSSR count). The molecule has 1 fully saturated rings. The molecule has 0 aliphatic heterocycles. The van der Waals surface area contributed by atoms with E-state index in [9.17, 15) is 14.3 Å². The van der Waals surface area contributed by atoms with Crippen LogP contribution in [0.4, 0.5) is 4.39 Å². The highest BCUT2D eigenvalue weighted by atomic mass is 19.1. The molecule has 98 valence electrons. The lowest BCUT2D eigenvalue weighted by Gasteiger charge is -2.30. The highest BCUT2D eigenvalue weighted by Gasteiger charge is 2.36. The van der Waals surface area contributed by atoms with Crippen molar-refractivity contribution in [3.05, 3.63) is 35.1 Å². The normalized spacial score (nSPS) is 18.6. The molecule has 0 atom stereocenters. The second-order valence-corrected chi connectivity index (χ2v) is 5.26. The van der Waals surface area contributed by atoms with E-state index in [1.54, 1.807) is 6.07 Å². The molecule has 0 heterocycles. The van der Waals surface area contributed by atoms with Gasteiger partial charge in [0.2, 0.25) is 0 Å². The van der Waals surface area contributed by atoms with Gasteiger partial charge in [-0.1, -0.05) is 25.3 Å². The average molecular weight is 250 g/mol. The van der Waals surface area contributed by atoms with Crippen molar-refractivity contribution in [1.82, 2.24) is 0 Å². The zero-order valence-electron chi connectivity index (χ0n) is 10.7. The van der Waals surface area contributed by atoms with Gasteiger partial charge in [0, 0.05) is 6.42 Å². The van der Waals surface area contributed by atoms with Gasteiger partial charge in [-0.25, -0.2) is 4.39 Å². The van der Waals surface area contributed by atoms with E-state index in [1.165, 1.54) is 12.1 Å². The van der Waals surface area contributed by atoms with Crippen LogP contribution in [0, 0.1) is 12.7 Å². The third-order valence-corrected chi connectivity index (χ3v) is 3.86. The maximum atomic E-state index is 13.2. The zero-order chi connectivity index (χ0) is 13.2. The molecule has 0 amide bonds. The lowest BCUT2D eigenvalue weighted by molar-refractivity contribution is -0.139. The first-order valence-electron chi connectivity index (χ1n) is 6.52. The van der Waals surface area contributed by atoms with Crippen molar-refractivity contribution >= 4 is 5.78 Å². The summed E-state index contributed by atoms with van der Waals surface area (Å²) in [6.45, 7) is 1.85. The summed E-state index contributed by atoms with van der Waals surface area (Å²) in [7, 11) is 0. The van der Waals surface area contributed by atoms with E-state index in [4.69, 9.17) is 0 Å². The van der Waals surface area contributed by atoms with Crippen molar-refractivity contribution in [1.29, 1.82) is 0 Å². The topological polar surface area (TPSA) is 37.3 Å². The average Bonchev–Trinajstić information content (AvgIpc) is 2.35. The number of rotatable bonds is 3. The van der Waals surface area contributed by atoms with Gasteiger partial charge in [0.25, 0.3) is 0 Å². The lowest BCUT2D eigenvalue weighted by Crippen LogP contribution is -2.41. The van der Waals surface area contributed by atoms with E-state index < -0.39 is 5.60 Å². The summed E-state index contributed by atoms with van der Waals surface area (Å²) in [4.78, 5) is 12.2. The van der Waals surface area contributed by atoms with Crippen LogP contribution in [0.25, 0.3) is 0 Å². The largest absolute Gasteiger partial charge is 0.382 e. The fraction of sp³-hybridized carbons (Fsp3) is 0.533. The second kappa shape index (κ2) is 5.19. The Bertz CT molecular complexity index is 448. The van der Waals surface area contributed by atoms with Crippen LogP contribution in [0.2, 0.25) is 0 Å². The predicted octanol–water partition coefficient (Wildman–Crippen LogP) is 2.94. The van der Waals surface area contributed by atoms with Crippen molar-refractivity contribution in [2.24, 2.45) is 0 Å². The SMILES string of the molecule is Cc1ccc(F)cc1CC(=O)C1(O)CCCCC1. The van der Waals surface area contributed by atoms with Gasteiger partial charge in [-0.05, 0) is 43.0 Å². The van der Waals surface area contributed by atoms with Gasteiger partial charge in [0.1, 0.15) is 11.4 Å². The van der Waals surface area contributed by atoms with Crippen LogP contribution < -0.4 is 0 Å². The Morgan fingerprint density at radius 3 is 2.67 bits per heavy atom. The van der Waals surface area contributed by atoms with Crippen LogP contribution in [-0.4, -0.2) is 16.5 Å². The zero-order valence-corrected chi connectivity index (χ0v) is 10.7. The molecule has 1 aliphatic carbocycles. The van der Waals surface area contributed by atoms with Crippen molar-refractivity contribution in [2.45, 2.75) is 51.0 Å². The van der Waals surface area contributed by atoms with Crippen LogP contribution >= 0.6 is 0 Å². The maximum absolute atomic E-state index is 13.2. The quantitative estimate of drug-likeness (QED) is 0.895. The maximum Gasteiger partial charge on any atom is 0.168 e. The molecule has 1 aromatic rings. The first kappa shape index (κ1) is 13.2. The smallest absolute Gasteiger partial charge is 0.168 e. The summed E-state index contributed by atoms with van der Waals surface area (Å²) in [6.07, 6.45) is 4.07. The van der Waals surface area contributed by atoms with Gasteiger partial charge in [-0.2, -0.15) is 0 Å². The molecule has 0 bridgehead atoms. The van der Waals surface area contributed by atoms with Gasteiger partial charge in [-0.3, -0.25) is 4.79 Å². The first-order valence-corrected chi connectivity index (χ1v) is 6.52. The summed E-state index contributed by atoms with van der Waals surface area (Å²) in [5, 5.41) is 10.3. The van der Waals surface area contributed by atoms with Gasteiger partial charge in [0.15, 0.2) is 5.78 Å². The highest BCUT2D eigenvalue weighted by molar-refractivity contribution is 5.89.